The van der Waals surface area contributed by atoms with Crippen LogP contribution < -0.4 is 0 Å². The summed E-state index contributed by atoms with van der Waals surface area (Å²) in [6, 6.07) is 0. The van der Waals surface area contributed by atoms with Crippen LogP contribution in [0, 0.1) is 0 Å². The molecule has 0 saturated heterocycles. The van der Waals surface area contributed by atoms with Crippen molar-refractivity contribution >= 4 is 19.8 Å². The van der Waals surface area contributed by atoms with Crippen LogP contribution in [0.15, 0.2) is 60.8 Å². The van der Waals surface area contributed by atoms with E-state index >= 15 is 0 Å². The van der Waals surface area contributed by atoms with Gasteiger partial charge in [0, 0.05) is 12.8 Å². The highest BCUT2D eigenvalue weighted by atomic mass is 31.2. The third-order valence-electron chi connectivity index (χ3n) is 14.0. The summed E-state index contributed by atoms with van der Waals surface area (Å²) >= 11 is 0. The van der Waals surface area contributed by atoms with Gasteiger partial charge >= 0.3 is 19.8 Å². The van der Waals surface area contributed by atoms with E-state index in [-0.39, 0.29) is 32.0 Å². The van der Waals surface area contributed by atoms with Crippen LogP contribution in [0.5, 0.6) is 0 Å². The van der Waals surface area contributed by atoms with Crippen LogP contribution in [0.2, 0.25) is 0 Å². The molecule has 2 atom stereocenters. The number of rotatable bonds is 59. The molecule has 0 aromatic carbocycles. The van der Waals surface area contributed by atoms with Gasteiger partial charge in [-0.3, -0.25) is 18.6 Å². The monoisotopic (exact) mass is 1090 g/mol. The van der Waals surface area contributed by atoms with E-state index in [0.29, 0.717) is 17.4 Å². The van der Waals surface area contributed by atoms with E-state index in [9.17, 15) is 19.0 Å². The van der Waals surface area contributed by atoms with Crippen molar-refractivity contribution in [2.75, 3.05) is 47.5 Å². The maximum Gasteiger partial charge on any atom is 0.472 e. The number of carbonyl (C=O) groups excluding carboxylic acids is 2. The summed E-state index contributed by atoms with van der Waals surface area (Å²) in [4.78, 5) is 35.5. The molecule has 10 heteroatoms. The lowest BCUT2D eigenvalue weighted by atomic mass is 10.0. The van der Waals surface area contributed by atoms with Crippen LogP contribution in [0.3, 0.4) is 0 Å². The number of ether oxygens (including phenoxy) is 2. The number of hydrogen-bond acceptors (Lipinski definition) is 7. The van der Waals surface area contributed by atoms with Gasteiger partial charge in [0.1, 0.15) is 19.8 Å². The minimum absolute atomic E-state index is 0.0186. The standard InChI is InChI=1S/C66H122NO8P/c1-6-8-10-12-14-16-18-20-21-22-23-24-25-26-27-28-29-30-31-32-33-34-35-36-37-38-39-40-41-42-43-44-45-47-48-50-52-54-56-58-65(68)72-62-64(63-74-76(70,71)73-61-60-67(3,4)5)75-66(69)59-57-55-53-51-49-46-19-17-15-13-11-9-7-2/h9,11,15,17,22-23,46,49,53,55,64H,6-8,10,12-14,16,18-21,24-45,47-48,50-52,54,56-63H2,1-5H3/p+1/b11-9-,17-15-,23-22-,49-46-,55-53-. The third-order valence-corrected chi connectivity index (χ3v) is 15.0. The minimum Gasteiger partial charge on any atom is -0.462 e. The summed E-state index contributed by atoms with van der Waals surface area (Å²) in [6.07, 6.45) is 75.2. The third kappa shape index (κ3) is 60.9. The van der Waals surface area contributed by atoms with Crippen LogP contribution in [0.4, 0.5) is 0 Å². The number of allylic oxidation sites excluding steroid dienone is 10. The Morgan fingerprint density at radius 2 is 0.776 bits per heavy atom. The summed E-state index contributed by atoms with van der Waals surface area (Å²) in [6.45, 7) is 4.25. The lowest BCUT2D eigenvalue weighted by molar-refractivity contribution is -0.870. The Morgan fingerprint density at radius 3 is 1.17 bits per heavy atom. The van der Waals surface area contributed by atoms with Gasteiger partial charge in [-0.25, -0.2) is 4.57 Å². The van der Waals surface area contributed by atoms with Gasteiger partial charge in [-0.05, 0) is 64.2 Å². The molecule has 0 aliphatic rings. The van der Waals surface area contributed by atoms with Gasteiger partial charge in [0.05, 0.1) is 27.7 Å². The highest BCUT2D eigenvalue weighted by Gasteiger charge is 2.27. The zero-order chi connectivity index (χ0) is 55.6. The van der Waals surface area contributed by atoms with Crippen LogP contribution in [0.1, 0.15) is 296 Å². The van der Waals surface area contributed by atoms with Crippen molar-refractivity contribution in [3.8, 4) is 0 Å². The Kier molecular flexibility index (Phi) is 55.7. The van der Waals surface area contributed by atoms with Gasteiger partial charge in [-0.1, -0.05) is 280 Å². The Morgan fingerprint density at radius 1 is 0.421 bits per heavy atom. The second-order valence-electron chi connectivity index (χ2n) is 22.8. The van der Waals surface area contributed by atoms with E-state index in [4.69, 9.17) is 18.5 Å². The fourth-order valence-corrected chi connectivity index (χ4v) is 9.89. The van der Waals surface area contributed by atoms with E-state index in [1.165, 1.54) is 218 Å². The Bertz CT molecular complexity index is 1470. The van der Waals surface area contributed by atoms with Crippen molar-refractivity contribution in [3.05, 3.63) is 60.8 Å². The molecule has 0 amide bonds. The molecule has 1 N–H and O–H groups in total. The van der Waals surface area contributed by atoms with Crippen LogP contribution >= 0.6 is 7.82 Å². The Labute approximate surface area is 470 Å². The van der Waals surface area contributed by atoms with Gasteiger partial charge in [0.15, 0.2) is 6.10 Å². The maximum absolute atomic E-state index is 12.7. The Hall–Kier alpha value is -2.29. The molecule has 2 unspecified atom stereocenters. The number of quaternary nitrogens is 1. The molecule has 76 heavy (non-hydrogen) atoms. The average Bonchev–Trinajstić information content (AvgIpc) is 3.38. The number of nitrogens with zero attached hydrogens (tertiary/aromatic N) is 1. The fraction of sp³-hybridized carbons (Fsp3) is 0.818. The van der Waals surface area contributed by atoms with Gasteiger partial charge in [0.25, 0.3) is 0 Å². The number of esters is 2. The molecule has 0 aliphatic heterocycles. The summed E-state index contributed by atoms with van der Waals surface area (Å²) in [5.41, 5.74) is 0. The largest absolute Gasteiger partial charge is 0.472 e. The summed E-state index contributed by atoms with van der Waals surface area (Å²) < 4.78 is 34.4. The van der Waals surface area contributed by atoms with Crippen molar-refractivity contribution in [2.45, 2.75) is 302 Å². The topological polar surface area (TPSA) is 108 Å². The molecular formula is C66H123NO8P+. The molecule has 0 saturated carbocycles. The Balaban J connectivity index is 3.86. The second kappa shape index (κ2) is 57.4. The van der Waals surface area contributed by atoms with E-state index in [2.05, 4.69) is 62.5 Å². The number of likely N-dealkylation sites (N-methyl/N-ethyl adjacent to an activating group) is 1. The predicted octanol–water partition coefficient (Wildman–Crippen LogP) is 20.3. The van der Waals surface area contributed by atoms with Crippen molar-refractivity contribution < 1.29 is 42.1 Å². The normalized spacial score (nSPS) is 13.6. The van der Waals surface area contributed by atoms with Crippen molar-refractivity contribution in [1.82, 2.24) is 0 Å². The molecule has 444 valence electrons. The molecule has 0 spiro atoms. The van der Waals surface area contributed by atoms with E-state index < -0.39 is 26.5 Å². The first-order chi connectivity index (χ1) is 37.0. The zero-order valence-electron chi connectivity index (χ0n) is 50.5. The minimum atomic E-state index is -4.40. The first-order valence-corrected chi connectivity index (χ1v) is 33.5. The summed E-state index contributed by atoms with van der Waals surface area (Å²) in [5.74, 6) is -0.884. The first kappa shape index (κ1) is 73.7. The highest BCUT2D eigenvalue weighted by molar-refractivity contribution is 7.47. The molecule has 0 rings (SSSR count). The van der Waals surface area contributed by atoms with E-state index in [1.54, 1.807) is 0 Å². The van der Waals surface area contributed by atoms with Crippen LogP contribution in [0.25, 0.3) is 0 Å². The van der Waals surface area contributed by atoms with Gasteiger partial charge in [-0.2, -0.15) is 0 Å². The van der Waals surface area contributed by atoms with E-state index in [0.717, 1.165) is 44.9 Å². The number of hydrogen-bond donors (Lipinski definition) is 1. The number of phosphoric ester groups is 1. The first-order valence-electron chi connectivity index (χ1n) is 32.0. The lowest BCUT2D eigenvalue weighted by Crippen LogP contribution is -2.37. The molecule has 0 aromatic rings. The van der Waals surface area contributed by atoms with Crippen LogP contribution in [-0.2, 0) is 32.7 Å². The van der Waals surface area contributed by atoms with Crippen molar-refractivity contribution in [3.63, 3.8) is 0 Å². The average molecular weight is 1090 g/mol. The number of carbonyl (C=O) groups is 2. The molecule has 0 fully saturated rings. The predicted molar refractivity (Wildman–Crippen MR) is 326 cm³/mol. The molecule has 0 aliphatic carbocycles. The summed E-state index contributed by atoms with van der Waals surface area (Å²) in [5, 5.41) is 0. The maximum atomic E-state index is 12.7. The SMILES string of the molecule is CC/C=C\C/C=C\C/C=C\C/C=C\CCC(=O)OC(COC(=O)CCCCCCCCCCCCCCCCCCCCCCCCCCCCC/C=C\CCCCCCCCCC)COP(=O)(O)OCC[N+](C)(C)C. The van der Waals surface area contributed by atoms with Crippen molar-refractivity contribution in [1.29, 1.82) is 0 Å². The number of unbranched alkanes of at least 4 members (excludes halogenated alkanes) is 35. The lowest BCUT2D eigenvalue weighted by Gasteiger charge is -2.24. The van der Waals surface area contributed by atoms with Gasteiger partial charge in [0.2, 0.25) is 0 Å². The molecule has 9 nitrogen and oxygen atoms in total. The van der Waals surface area contributed by atoms with E-state index in [1.807, 2.05) is 33.3 Å². The van der Waals surface area contributed by atoms with Crippen LogP contribution in [-0.4, -0.2) is 74.9 Å². The smallest absolute Gasteiger partial charge is 0.462 e. The highest BCUT2D eigenvalue weighted by Crippen LogP contribution is 2.43. The van der Waals surface area contributed by atoms with Gasteiger partial charge < -0.3 is 18.9 Å². The van der Waals surface area contributed by atoms with Gasteiger partial charge in [-0.15, -0.1) is 0 Å². The molecule has 0 bridgehead atoms. The second-order valence-corrected chi connectivity index (χ2v) is 24.2. The molecule has 0 radical (unpaired) electrons. The number of phosphoric acid groups is 1. The molecular weight excluding hydrogens is 966 g/mol. The summed E-state index contributed by atoms with van der Waals surface area (Å²) in [7, 11) is 1.44. The van der Waals surface area contributed by atoms with Crippen molar-refractivity contribution in [2.24, 2.45) is 0 Å². The molecule has 0 heterocycles. The fourth-order valence-electron chi connectivity index (χ4n) is 9.15. The zero-order valence-corrected chi connectivity index (χ0v) is 51.4. The molecule has 0 aromatic heterocycles. The quantitative estimate of drug-likeness (QED) is 0.0211.